The lowest BCUT2D eigenvalue weighted by Crippen LogP contribution is -2.33. The van der Waals surface area contributed by atoms with Crippen molar-refractivity contribution in [2.45, 2.75) is 0 Å². The third-order valence-electron chi connectivity index (χ3n) is 3.39. The number of halogens is 2. The van der Waals surface area contributed by atoms with Gasteiger partial charge in [-0.2, -0.15) is 0 Å². The molecule has 1 amide bonds. The van der Waals surface area contributed by atoms with Crippen LogP contribution in [-0.2, 0) is 4.79 Å². The van der Waals surface area contributed by atoms with Crippen LogP contribution in [0.4, 0.5) is 5.69 Å². The lowest BCUT2D eigenvalue weighted by Gasteiger charge is -2.17. The molecule has 0 heterocycles. The summed E-state index contributed by atoms with van der Waals surface area (Å²) < 4.78 is 11.9. The van der Waals surface area contributed by atoms with Gasteiger partial charge in [-0.15, -0.1) is 0 Å². The first-order valence-corrected chi connectivity index (χ1v) is 8.85. The van der Waals surface area contributed by atoms with Crippen molar-refractivity contribution >= 4 is 39.1 Å². The van der Waals surface area contributed by atoms with Crippen molar-refractivity contribution in [3.63, 3.8) is 0 Å². The number of carbonyl (C=O) groups is 1. The maximum Gasteiger partial charge on any atom is 0.238 e. The van der Waals surface area contributed by atoms with E-state index in [0.717, 1.165) is 10.2 Å². The Bertz CT molecular complexity index is 727. The number of benzene rings is 2. The standard InChI is InChI=1S/C18H20BrClN2O3/c1-22(8-9-25-15-5-3-4-13(19)10-15)12-18(23)21-16-11-14(20)6-7-17(16)24-2/h3-7,10-11H,8-9,12H2,1-2H3,(H,21,23). The average Bonchev–Trinajstić information content (AvgIpc) is 2.55. The highest BCUT2D eigenvalue weighted by atomic mass is 79.9. The minimum Gasteiger partial charge on any atom is -0.495 e. The summed E-state index contributed by atoms with van der Waals surface area (Å²) in [6, 6.07) is 12.7. The van der Waals surface area contributed by atoms with Crippen LogP contribution in [0.2, 0.25) is 5.02 Å². The highest BCUT2D eigenvalue weighted by Gasteiger charge is 2.11. The number of anilines is 1. The maximum atomic E-state index is 12.2. The molecule has 2 rings (SSSR count). The van der Waals surface area contributed by atoms with Crippen molar-refractivity contribution in [2.75, 3.05) is 39.2 Å². The summed E-state index contributed by atoms with van der Waals surface area (Å²) in [5.74, 6) is 1.21. The molecule has 0 aliphatic carbocycles. The first-order chi connectivity index (χ1) is 12.0. The molecule has 0 spiro atoms. The predicted octanol–water partition coefficient (Wildman–Crippen LogP) is 4.06. The van der Waals surface area contributed by atoms with E-state index < -0.39 is 0 Å². The normalized spacial score (nSPS) is 10.6. The van der Waals surface area contributed by atoms with E-state index in [1.807, 2.05) is 36.2 Å². The summed E-state index contributed by atoms with van der Waals surface area (Å²) in [5.41, 5.74) is 0.554. The zero-order chi connectivity index (χ0) is 18.2. The Balaban J connectivity index is 1.79. The van der Waals surface area contributed by atoms with Gasteiger partial charge < -0.3 is 14.8 Å². The molecule has 2 aromatic rings. The molecule has 5 nitrogen and oxygen atoms in total. The Morgan fingerprint density at radius 1 is 1.28 bits per heavy atom. The van der Waals surface area contributed by atoms with Gasteiger partial charge in [0.05, 0.1) is 19.3 Å². The highest BCUT2D eigenvalue weighted by Crippen LogP contribution is 2.27. The molecular formula is C18H20BrClN2O3. The van der Waals surface area contributed by atoms with Gasteiger partial charge in [0.2, 0.25) is 5.91 Å². The number of nitrogens with one attached hydrogen (secondary N) is 1. The lowest BCUT2D eigenvalue weighted by molar-refractivity contribution is -0.117. The fourth-order valence-electron chi connectivity index (χ4n) is 2.17. The molecule has 0 aromatic heterocycles. The molecule has 1 N–H and O–H groups in total. The SMILES string of the molecule is COc1ccc(Cl)cc1NC(=O)CN(C)CCOc1cccc(Br)c1. The summed E-state index contributed by atoms with van der Waals surface area (Å²) in [6.07, 6.45) is 0. The lowest BCUT2D eigenvalue weighted by atomic mass is 10.3. The zero-order valence-corrected chi connectivity index (χ0v) is 16.4. The van der Waals surface area contributed by atoms with Crippen molar-refractivity contribution in [1.29, 1.82) is 0 Å². The molecule has 134 valence electrons. The number of ether oxygens (including phenoxy) is 2. The van der Waals surface area contributed by atoms with E-state index in [2.05, 4.69) is 21.2 Å². The van der Waals surface area contributed by atoms with Crippen molar-refractivity contribution in [3.05, 3.63) is 52.0 Å². The molecular weight excluding hydrogens is 408 g/mol. The molecule has 0 radical (unpaired) electrons. The van der Waals surface area contributed by atoms with Crippen molar-refractivity contribution in [1.82, 2.24) is 4.90 Å². The molecule has 0 aliphatic rings. The monoisotopic (exact) mass is 426 g/mol. The van der Waals surface area contributed by atoms with E-state index in [9.17, 15) is 4.79 Å². The molecule has 0 unspecified atom stereocenters. The molecule has 0 saturated carbocycles. The van der Waals surface area contributed by atoms with Crippen molar-refractivity contribution < 1.29 is 14.3 Å². The Labute approximate surface area is 161 Å². The Hall–Kier alpha value is -1.76. The number of hydrogen-bond acceptors (Lipinski definition) is 4. The molecule has 0 fully saturated rings. The second kappa shape index (κ2) is 9.65. The van der Waals surface area contributed by atoms with E-state index in [1.165, 1.54) is 0 Å². The number of methoxy groups -OCH3 is 1. The van der Waals surface area contributed by atoms with Gasteiger partial charge in [0.25, 0.3) is 0 Å². The van der Waals surface area contributed by atoms with Crippen LogP contribution in [0.15, 0.2) is 46.9 Å². The second-order valence-corrected chi connectivity index (χ2v) is 6.79. The van der Waals surface area contributed by atoms with Crippen LogP contribution in [0.25, 0.3) is 0 Å². The number of likely N-dealkylation sites (N-methyl/N-ethyl adjacent to an activating group) is 1. The smallest absolute Gasteiger partial charge is 0.238 e. The van der Waals surface area contributed by atoms with Gasteiger partial charge in [-0.25, -0.2) is 0 Å². The highest BCUT2D eigenvalue weighted by molar-refractivity contribution is 9.10. The van der Waals surface area contributed by atoms with Gasteiger partial charge >= 0.3 is 0 Å². The Kier molecular flexibility index (Phi) is 7.55. The number of carbonyl (C=O) groups excluding carboxylic acids is 1. The van der Waals surface area contributed by atoms with Crippen LogP contribution >= 0.6 is 27.5 Å². The molecule has 0 bridgehead atoms. The molecule has 2 aromatic carbocycles. The van der Waals surface area contributed by atoms with E-state index in [1.54, 1.807) is 25.3 Å². The fraction of sp³-hybridized carbons (Fsp3) is 0.278. The molecule has 7 heteroatoms. The van der Waals surface area contributed by atoms with Crippen LogP contribution < -0.4 is 14.8 Å². The van der Waals surface area contributed by atoms with Crippen molar-refractivity contribution in [3.8, 4) is 11.5 Å². The fourth-order valence-corrected chi connectivity index (χ4v) is 2.72. The van der Waals surface area contributed by atoms with Gasteiger partial charge in [-0.3, -0.25) is 9.69 Å². The minimum atomic E-state index is -0.148. The summed E-state index contributed by atoms with van der Waals surface area (Å²) in [4.78, 5) is 14.1. The third-order valence-corrected chi connectivity index (χ3v) is 4.12. The number of rotatable bonds is 8. The Morgan fingerprint density at radius 3 is 2.80 bits per heavy atom. The summed E-state index contributed by atoms with van der Waals surface area (Å²) in [5, 5.41) is 3.35. The van der Waals surface area contributed by atoms with Crippen molar-refractivity contribution in [2.24, 2.45) is 0 Å². The summed E-state index contributed by atoms with van der Waals surface area (Å²) >= 11 is 9.36. The van der Waals surface area contributed by atoms with Gasteiger partial charge in [0, 0.05) is 16.0 Å². The van der Waals surface area contributed by atoms with Crippen LogP contribution in [0.5, 0.6) is 11.5 Å². The molecule has 0 atom stereocenters. The minimum absolute atomic E-state index is 0.148. The summed E-state index contributed by atoms with van der Waals surface area (Å²) in [6.45, 7) is 1.34. The molecule has 0 saturated heterocycles. The topological polar surface area (TPSA) is 50.8 Å². The zero-order valence-electron chi connectivity index (χ0n) is 14.1. The van der Waals surface area contributed by atoms with E-state index >= 15 is 0 Å². The van der Waals surface area contributed by atoms with Gasteiger partial charge in [-0.05, 0) is 43.4 Å². The quantitative estimate of drug-likeness (QED) is 0.690. The van der Waals surface area contributed by atoms with E-state index in [4.69, 9.17) is 21.1 Å². The first-order valence-electron chi connectivity index (χ1n) is 7.68. The average molecular weight is 428 g/mol. The summed E-state index contributed by atoms with van der Waals surface area (Å²) in [7, 11) is 3.41. The van der Waals surface area contributed by atoms with Gasteiger partial charge in [0.15, 0.2) is 0 Å². The van der Waals surface area contributed by atoms with Gasteiger partial charge in [0.1, 0.15) is 18.1 Å². The Morgan fingerprint density at radius 2 is 2.08 bits per heavy atom. The third kappa shape index (κ3) is 6.57. The van der Waals surface area contributed by atoms with Crippen LogP contribution in [0.1, 0.15) is 0 Å². The first kappa shape index (κ1) is 19.6. The number of hydrogen-bond donors (Lipinski definition) is 1. The van der Waals surface area contributed by atoms with Crippen LogP contribution in [0.3, 0.4) is 0 Å². The number of nitrogens with zero attached hydrogens (tertiary/aromatic N) is 1. The predicted molar refractivity (Wildman–Crippen MR) is 104 cm³/mol. The second-order valence-electron chi connectivity index (χ2n) is 5.44. The van der Waals surface area contributed by atoms with E-state index in [0.29, 0.717) is 29.6 Å². The van der Waals surface area contributed by atoms with Gasteiger partial charge in [-0.1, -0.05) is 33.6 Å². The van der Waals surface area contributed by atoms with Crippen LogP contribution in [-0.4, -0.2) is 44.7 Å². The molecule has 25 heavy (non-hydrogen) atoms. The number of amides is 1. The van der Waals surface area contributed by atoms with Crippen LogP contribution in [0, 0.1) is 0 Å². The maximum absolute atomic E-state index is 12.2. The van der Waals surface area contributed by atoms with E-state index in [-0.39, 0.29) is 12.5 Å². The largest absolute Gasteiger partial charge is 0.495 e. The molecule has 0 aliphatic heterocycles.